The average molecular weight is 1060 g/mol. The molecule has 4 saturated heterocycles. The summed E-state index contributed by atoms with van der Waals surface area (Å²) in [4.78, 5) is 59.9. The van der Waals surface area contributed by atoms with Gasteiger partial charge in [-0.2, -0.15) is 10.1 Å². The highest BCUT2D eigenvalue weighted by Gasteiger charge is 2.41. The minimum atomic E-state index is -2.65. The zero-order chi connectivity index (χ0) is 49.8. The number of aryl methyl sites for hydroxylation is 3. The van der Waals surface area contributed by atoms with Gasteiger partial charge in [-0.3, -0.25) is 34.3 Å². The first kappa shape index (κ1) is 48.4. The Morgan fingerprint density at radius 2 is 1.69 bits per heavy atom. The Morgan fingerprint density at radius 3 is 2.43 bits per heavy atom. The summed E-state index contributed by atoms with van der Waals surface area (Å²) in [7, 11) is 0.957. The van der Waals surface area contributed by atoms with Crippen LogP contribution in [0.4, 0.5) is 28.8 Å². The van der Waals surface area contributed by atoms with E-state index < -0.39 is 13.1 Å². The number of anilines is 5. The number of hydrogen-bond donors (Lipinski definition) is 3. The molecule has 11 rings (SSSR count). The first-order valence-corrected chi connectivity index (χ1v) is 28.6. The zero-order valence-electron chi connectivity index (χ0n) is 41.5. The summed E-state index contributed by atoms with van der Waals surface area (Å²) in [6, 6.07) is 19.0. The lowest BCUT2D eigenvalue weighted by Gasteiger charge is -2.45. The molecule has 3 amide bonds. The number of piperazine rings is 1. The van der Waals surface area contributed by atoms with Crippen molar-refractivity contribution in [3.05, 3.63) is 87.8 Å². The molecule has 4 aliphatic heterocycles. The molecule has 0 radical (unpaired) electrons. The highest BCUT2D eigenvalue weighted by atomic mass is 79.9. The number of carbonyl (C=O) groups excluding carboxylic acids is 3. The first-order chi connectivity index (χ1) is 34.9. The van der Waals surface area contributed by atoms with Crippen LogP contribution in [0.3, 0.4) is 0 Å². The third-order valence-corrected chi connectivity index (χ3v) is 20.0. The second-order valence-electron chi connectivity index (χ2n) is 20.4. The topological polar surface area (TPSA) is 180 Å². The molecule has 5 aliphatic rings. The van der Waals surface area contributed by atoms with Crippen LogP contribution in [0.2, 0.25) is 0 Å². The highest BCUT2D eigenvalue weighted by molar-refractivity contribution is 9.10. The molecule has 6 aromatic rings. The van der Waals surface area contributed by atoms with Crippen LogP contribution in [0, 0.1) is 12.8 Å². The number of hydrogen-bond acceptors (Lipinski definition) is 13. The van der Waals surface area contributed by atoms with E-state index in [1.807, 2.05) is 42.1 Å². The number of methoxy groups -OCH3 is 1. The third kappa shape index (κ3) is 9.14. The molecule has 1 unspecified atom stereocenters. The number of nitrogens with one attached hydrogen (secondary N) is 3. The van der Waals surface area contributed by atoms with Crippen molar-refractivity contribution in [2.45, 2.75) is 89.5 Å². The fourth-order valence-electron chi connectivity index (χ4n) is 12.1. The van der Waals surface area contributed by atoms with Crippen molar-refractivity contribution in [2.75, 3.05) is 74.2 Å². The van der Waals surface area contributed by atoms with E-state index in [0.29, 0.717) is 53.2 Å². The van der Waals surface area contributed by atoms with E-state index >= 15 is 0 Å². The predicted molar refractivity (Wildman–Crippen MR) is 286 cm³/mol. The van der Waals surface area contributed by atoms with Gasteiger partial charge in [-0.25, -0.2) is 4.98 Å². The summed E-state index contributed by atoms with van der Waals surface area (Å²) >= 11 is 3.67. The lowest BCUT2D eigenvalue weighted by Crippen LogP contribution is -2.55. The Labute approximate surface area is 428 Å². The quantitative estimate of drug-likeness (QED) is 0.0784. The van der Waals surface area contributed by atoms with Crippen molar-refractivity contribution in [2.24, 2.45) is 13.0 Å². The normalized spacial score (nSPS) is 21.8. The molecule has 7 heterocycles. The van der Waals surface area contributed by atoms with Crippen molar-refractivity contribution in [1.82, 2.24) is 39.8 Å². The molecule has 3 N–H and O–H groups in total. The fraction of sp³-hybridized carbons (Fsp3) is 0.463. The molecule has 16 nitrogen and oxygen atoms in total. The number of ether oxygens (including phenoxy) is 1. The van der Waals surface area contributed by atoms with Gasteiger partial charge in [0.1, 0.15) is 18.7 Å². The molecular formula is C54H63BrN11O5P. The fourth-order valence-corrected chi connectivity index (χ4v) is 15.8. The van der Waals surface area contributed by atoms with Gasteiger partial charge in [-0.1, -0.05) is 31.2 Å². The predicted octanol–water partition coefficient (Wildman–Crippen LogP) is 8.65. The number of aromatic nitrogens is 5. The number of amides is 3. The zero-order valence-corrected chi connectivity index (χ0v) is 44.0. The number of para-hydroxylation sites is 1. The molecule has 1 saturated carbocycles. The van der Waals surface area contributed by atoms with E-state index in [0.717, 1.165) is 145 Å². The van der Waals surface area contributed by atoms with E-state index in [1.54, 1.807) is 13.3 Å². The molecule has 3 aromatic carbocycles. The Hall–Kier alpha value is -5.90. The summed E-state index contributed by atoms with van der Waals surface area (Å²) in [6.45, 7) is 9.34. The largest absolute Gasteiger partial charge is 0.494 e. The van der Waals surface area contributed by atoms with Crippen molar-refractivity contribution in [1.29, 1.82) is 0 Å². The van der Waals surface area contributed by atoms with Crippen LogP contribution in [-0.2, 0) is 32.4 Å². The number of imide groups is 1. The van der Waals surface area contributed by atoms with Crippen LogP contribution in [0.15, 0.2) is 65.3 Å². The van der Waals surface area contributed by atoms with Crippen LogP contribution < -0.4 is 30.9 Å². The maximum atomic E-state index is 14.5. The maximum Gasteiger partial charge on any atom is 0.235 e. The number of fused-ring (bicyclic) bond motifs is 2. The van der Waals surface area contributed by atoms with Gasteiger partial charge in [-0.15, -0.1) is 0 Å². The number of rotatable bonds is 12. The number of piperidine rings is 2. The molecule has 1 aliphatic carbocycles. The van der Waals surface area contributed by atoms with Crippen molar-refractivity contribution < 1.29 is 23.7 Å². The molecule has 0 bridgehead atoms. The summed E-state index contributed by atoms with van der Waals surface area (Å²) < 4.78 is 23.1. The molecule has 18 heteroatoms. The monoisotopic (exact) mass is 1060 g/mol. The van der Waals surface area contributed by atoms with E-state index in [2.05, 4.69) is 89.7 Å². The minimum absolute atomic E-state index is 0.0131. The summed E-state index contributed by atoms with van der Waals surface area (Å²) in [5.74, 6) is 1.24. The van der Waals surface area contributed by atoms with E-state index in [9.17, 15) is 18.9 Å². The van der Waals surface area contributed by atoms with Gasteiger partial charge in [0.2, 0.25) is 23.7 Å². The lowest BCUT2D eigenvalue weighted by molar-refractivity contribution is -0.141. The molecule has 72 heavy (non-hydrogen) atoms. The van der Waals surface area contributed by atoms with E-state index in [-0.39, 0.29) is 29.6 Å². The summed E-state index contributed by atoms with van der Waals surface area (Å²) in [5.41, 5.74) is 8.60. The van der Waals surface area contributed by atoms with Crippen molar-refractivity contribution in [3.8, 4) is 5.75 Å². The smallest absolute Gasteiger partial charge is 0.235 e. The molecule has 3 aromatic heterocycles. The second kappa shape index (κ2) is 19.8. The molecule has 376 valence electrons. The standard InChI is InChI=1S/C54H63BrN11O5P/c1-5-35-11-12-38-42(57-35)14-15-43(50(38)72(70)25-6-7-26-72)58-51-41(55)31-56-54(61-51)59-44-27-32(2)45(30-46(44)71-4)65-19-17-36(18-20-65)64-21-23-66(24-22-64)53(69)34-28-33(29-34)37-9-8-10-39-48(62-63(3)49(37)39)40-13-16-47(67)60-52(40)68/h8-12,14-15,27,30-31,33-34,36,40H,5-7,13,16-26,28-29H2,1-4H3,(H,60,67,68)(H2,56,58,59,61). The average Bonchev–Trinajstić information content (AvgIpc) is 3.97. The Bertz CT molecular complexity index is 3150. The van der Waals surface area contributed by atoms with Crippen LogP contribution >= 0.6 is 23.1 Å². The summed E-state index contributed by atoms with van der Waals surface area (Å²) in [5, 5.41) is 17.0. The first-order valence-electron chi connectivity index (χ1n) is 25.7. The number of nitrogens with zero attached hydrogens (tertiary/aromatic N) is 8. The van der Waals surface area contributed by atoms with Gasteiger partial charge < -0.3 is 29.7 Å². The van der Waals surface area contributed by atoms with Crippen LogP contribution in [0.5, 0.6) is 5.75 Å². The van der Waals surface area contributed by atoms with Crippen LogP contribution in [0.25, 0.3) is 21.8 Å². The molecule has 1 atom stereocenters. The van der Waals surface area contributed by atoms with Crippen LogP contribution in [0.1, 0.15) is 92.6 Å². The van der Waals surface area contributed by atoms with Gasteiger partial charge in [0.25, 0.3) is 0 Å². The SMILES string of the molecule is CCc1ccc2c(P3(=O)CCCC3)c(Nc3nc(Nc4cc(C)c(N5CCC(N6CCN(C(=O)C7CC(c8cccc9c(C%10CCC(=O)NC%10=O)nn(C)c89)C7)CC6)CC5)cc4OC)ncc3Br)ccc2n1. The Morgan fingerprint density at radius 1 is 0.917 bits per heavy atom. The maximum absolute atomic E-state index is 14.5. The Kier molecular flexibility index (Phi) is 13.3. The third-order valence-electron chi connectivity index (χ3n) is 16.1. The Balaban J connectivity index is 0.694. The van der Waals surface area contributed by atoms with Gasteiger partial charge >= 0.3 is 0 Å². The number of benzene rings is 3. The van der Waals surface area contributed by atoms with Gasteiger partial charge in [0, 0.05) is 117 Å². The van der Waals surface area contributed by atoms with Gasteiger partial charge in [0.15, 0.2) is 0 Å². The van der Waals surface area contributed by atoms with E-state index in [1.165, 1.54) is 5.56 Å². The molecular weight excluding hydrogens is 994 g/mol. The van der Waals surface area contributed by atoms with Gasteiger partial charge in [0.05, 0.1) is 45.6 Å². The van der Waals surface area contributed by atoms with Crippen LogP contribution in [-0.4, -0.2) is 117 Å². The van der Waals surface area contributed by atoms with Gasteiger partial charge in [-0.05, 0) is 116 Å². The van der Waals surface area contributed by atoms with Crippen molar-refractivity contribution >= 4 is 96.7 Å². The number of halogens is 1. The highest BCUT2D eigenvalue weighted by Crippen LogP contribution is 2.54. The number of pyridine rings is 1. The lowest BCUT2D eigenvalue weighted by atomic mass is 9.70. The molecule has 5 fully saturated rings. The number of carbonyl (C=O) groups is 3. The molecule has 0 spiro atoms. The summed E-state index contributed by atoms with van der Waals surface area (Å²) in [6.07, 6.45) is 10.3. The minimum Gasteiger partial charge on any atom is -0.494 e. The van der Waals surface area contributed by atoms with Crippen molar-refractivity contribution in [3.63, 3.8) is 0 Å². The second-order valence-corrected chi connectivity index (χ2v) is 24.4. The van der Waals surface area contributed by atoms with E-state index in [4.69, 9.17) is 19.8 Å².